The number of sulfonamides is 1. The number of aliphatic hydroxyl groups excluding tert-OH is 1. The van der Waals surface area contributed by atoms with Crippen LogP contribution in [0.1, 0.15) is 66.4 Å². The lowest BCUT2D eigenvalue weighted by molar-refractivity contribution is -0.128. The predicted molar refractivity (Wildman–Crippen MR) is 174 cm³/mol. The number of ether oxygens (including phenoxy) is 1. The van der Waals surface area contributed by atoms with Gasteiger partial charge in [0.25, 0.3) is 5.91 Å². The Labute approximate surface area is 270 Å². The van der Waals surface area contributed by atoms with Crippen LogP contribution in [0.2, 0.25) is 5.02 Å². The first-order valence-corrected chi connectivity index (χ1v) is 17.8. The molecule has 0 saturated heterocycles. The Kier molecular flexibility index (Phi) is 8.93. The number of nitrogens with one attached hydrogen (secondary N) is 1. The number of amides is 2. The van der Waals surface area contributed by atoms with E-state index < -0.39 is 27.3 Å². The summed E-state index contributed by atoms with van der Waals surface area (Å²) in [6.45, 7) is 1.79. The van der Waals surface area contributed by atoms with Gasteiger partial charge in [0.2, 0.25) is 15.9 Å². The molecule has 242 valence electrons. The fraction of sp³-hybridized carbons (Fsp3) is 0.529. The molecule has 2 bridgehead atoms. The maximum atomic E-state index is 13.5. The Morgan fingerprint density at radius 1 is 1.18 bits per heavy atom. The highest BCUT2D eigenvalue weighted by Crippen LogP contribution is 2.46. The van der Waals surface area contributed by atoms with Crippen LogP contribution in [0.15, 0.2) is 48.6 Å². The van der Waals surface area contributed by atoms with Crippen LogP contribution in [0.5, 0.6) is 5.75 Å². The number of rotatable bonds is 2. The second kappa shape index (κ2) is 12.6. The zero-order chi connectivity index (χ0) is 31.9. The number of hydrogen-bond acceptors (Lipinski definition) is 7. The molecule has 9 nitrogen and oxygen atoms in total. The molecule has 2 aliphatic carbocycles. The van der Waals surface area contributed by atoms with Gasteiger partial charge in [-0.3, -0.25) is 9.59 Å². The van der Waals surface area contributed by atoms with Gasteiger partial charge in [-0.2, -0.15) is 0 Å². The van der Waals surface area contributed by atoms with E-state index in [1.807, 2.05) is 6.07 Å². The molecule has 0 radical (unpaired) electrons. The van der Waals surface area contributed by atoms with E-state index in [-0.39, 0.29) is 41.6 Å². The molecule has 2 heterocycles. The van der Waals surface area contributed by atoms with Crippen molar-refractivity contribution < 1.29 is 27.9 Å². The topological polar surface area (TPSA) is 116 Å². The second-order valence-electron chi connectivity index (χ2n) is 13.4. The number of allylic oxidation sites excluding steroid dienone is 1. The molecule has 0 aromatic heterocycles. The average Bonchev–Trinajstić information content (AvgIpc) is 3.12. The summed E-state index contributed by atoms with van der Waals surface area (Å²) in [6, 6.07) is 11.2. The highest BCUT2D eigenvalue weighted by Gasteiger charge is 2.44. The Hall–Kier alpha value is -3.08. The molecular formula is C34H42ClN3O6S. The van der Waals surface area contributed by atoms with Crippen LogP contribution in [-0.2, 0) is 26.7 Å². The average molecular weight is 656 g/mol. The molecular weight excluding hydrogens is 614 g/mol. The zero-order valence-electron chi connectivity index (χ0n) is 25.9. The number of nitrogens with zero attached hydrogens (tertiary/aromatic N) is 2. The summed E-state index contributed by atoms with van der Waals surface area (Å²) in [5, 5.41) is 10.8. The van der Waals surface area contributed by atoms with E-state index in [9.17, 15) is 23.1 Å². The summed E-state index contributed by atoms with van der Waals surface area (Å²) in [5.41, 5.74) is 3.10. The van der Waals surface area contributed by atoms with Gasteiger partial charge < -0.3 is 19.6 Å². The van der Waals surface area contributed by atoms with Crippen molar-refractivity contribution in [2.75, 3.05) is 38.7 Å². The number of hydrogen-bond donors (Lipinski definition) is 2. The molecule has 2 aromatic rings. The van der Waals surface area contributed by atoms with Crippen LogP contribution in [0.4, 0.5) is 5.69 Å². The lowest BCUT2D eigenvalue weighted by atomic mass is 9.68. The Morgan fingerprint density at radius 3 is 2.76 bits per heavy atom. The van der Waals surface area contributed by atoms with Gasteiger partial charge in [-0.05, 0) is 98.2 Å². The summed E-state index contributed by atoms with van der Waals surface area (Å²) < 4.78 is 35.8. The summed E-state index contributed by atoms with van der Waals surface area (Å²) in [5.74, 6) is -0.143. The minimum atomic E-state index is -4.20. The fourth-order valence-electron chi connectivity index (χ4n) is 7.49. The molecule has 4 aliphatic rings. The molecule has 45 heavy (non-hydrogen) atoms. The number of aryl methyl sites for hydroxylation is 1. The van der Waals surface area contributed by atoms with E-state index in [0.717, 1.165) is 37.8 Å². The lowest BCUT2D eigenvalue weighted by Gasteiger charge is -2.45. The van der Waals surface area contributed by atoms with Crippen LogP contribution in [0, 0.1) is 11.8 Å². The van der Waals surface area contributed by atoms with Crippen molar-refractivity contribution in [1.29, 1.82) is 0 Å². The van der Waals surface area contributed by atoms with E-state index in [0.29, 0.717) is 36.9 Å². The first-order chi connectivity index (χ1) is 21.5. The first kappa shape index (κ1) is 31.9. The molecule has 2 aliphatic heterocycles. The third-order valence-corrected chi connectivity index (χ3v) is 12.2. The van der Waals surface area contributed by atoms with Gasteiger partial charge in [0.15, 0.2) is 0 Å². The summed E-state index contributed by atoms with van der Waals surface area (Å²) >= 11 is 6.39. The second-order valence-corrected chi connectivity index (χ2v) is 15.8. The minimum Gasteiger partial charge on any atom is -0.490 e. The summed E-state index contributed by atoms with van der Waals surface area (Å²) in [6.07, 6.45) is 7.91. The van der Waals surface area contributed by atoms with Crippen LogP contribution < -0.4 is 14.4 Å². The van der Waals surface area contributed by atoms with Crippen molar-refractivity contribution in [2.24, 2.45) is 11.8 Å². The Balaban J connectivity index is 1.39. The van der Waals surface area contributed by atoms with Gasteiger partial charge in [-0.15, -0.1) is 0 Å². The third kappa shape index (κ3) is 6.46. The van der Waals surface area contributed by atoms with Crippen LogP contribution in [0.3, 0.4) is 0 Å². The number of aliphatic hydroxyl groups is 1. The van der Waals surface area contributed by atoms with E-state index >= 15 is 0 Å². The van der Waals surface area contributed by atoms with Crippen LogP contribution in [0.25, 0.3) is 0 Å². The molecule has 1 fully saturated rings. The molecule has 0 unspecified atom stereocenters. The minimum absolute atomic E-state index is 0.0662. The van der Waals surface area contributed by atoms with Gasteiger partial charge in [0.05, 0.1) is 23.6 Å². The number of fused-ring (bicyclic) bond motifs is 4. The maximum Gasteiger partial charge on any atom is 0.264 e. The van der Waals surface area contributed by atoms with Crippen LogP contribution in [-0.4, -0.2) is 75.4 Å². The highest BCUT2D eigenvalue weighted by molar-refractivity contribution is 7.90. The molecule has 5 atom stereocenters. The SMILES string of the molecule is CN(C)C(=O)C[C@H]1CC/C=C/[C@H](O)[C@@H]2CC[C@H]2CN2C[C@@]3(CCCc4cc(Cl)ccc43)COc3ccc(cc32)C(=O)NS1(=O)=O. The predicted octanol–water partition coefficient (Wildman–Crippen LogP) is 4.46. The molecule has 6 rings (SSSR count). The maximum absolute atomic E-state index is 13.5. The monoisotopic (exact) mass is 655 g/mol. The zero-order valence-corrected chi connectivity index (χ0v) is 27.4. The van der Waals surface area contributed by atoms with Crippen molar-refractivity contribution in [3.63, 3.8) is 0 Å². The largest absolute Gasteiger partial charge is 0.490 e. The molecule has 11 heteroatoms. The van der Waals surface area contributed by atoms with Gasteiger partial charge >= 0.3 is 0 Å². The quantitative estimate of drug-likeness (QED) is 0.459. The normalized spacial score (nSPS) is 30.0. The molecule has 1 saturated carbocycles. The van der Waals surface area contributed by atoms with E-state index in [4.69, 9.17) is 16.3 Å². The molecule has 2 aromatic carbocycles. The highest BCUT2D eigenvalue weighted by atomic mass is 35.5. The van der Waals surface area contributed by atoms with E-state index in [2.05, 4.69) is 21.8 Å². The number of anilines is 1. The third-order valence-electron chi connectivity index (χ3n) is 10.2. The Bertz CT molecular complexity index is 1610. The fourth-order valence-corrected chi connectivity index (χ4v) is 9.03. The molecule has 2 amide bonds. The van der Waals surface area contributed by atoms with Crippen molar-refractivity contribution >= 4 is 39.1 Å². The first-order valence-electron chi connectivity index (χ1n) is 15.9. The molecule has 1 spiro atoms. The van der Waals surface area contributed by atoms with Crippen molar-refractivity contribution in [1.82, 2.24) is 9.62 Å². The molecule has 2 N–H and O–H groups in total. The Morgan fingerprint density at radius 2 is 2.00 bits per heavy atom. The summed E-state index contributed by atoms with van der Waals surface area (Å²) in [4.78, 5) is 29.7. The lowest BCUT2D eigenvalue weighted by Crippen LogP contribution is -2.49. The standard InChI is InChI=1S/C34H42ClN3O6S/c1-37(2)32(40)18-26-7-3-4-8-30(39)27-12-9-24(27)19-38-20-34(15-5-6-22-16-25(35)11-13-28(22)34)21-44-31-14-10-23(17-29(31)38)33(41)36-45(26,42)43/h4,8,10-11,13-14,16-17,24,26-27,30,39H,3,5-7,9,12,15,18-21H2,1-2H3,(H,36,41)/b8-4+/t24-,26+,27+,30-,34-/m0/s1. The summed E-state index contributed by atoms with van der Waals surface area (Å²) in [7, 11) is -1.05. The van der Waals surface area contributed by atoms with Crippen molar-refractivity contribution in [3.05, 3.63) is 70.3 Å². The van der Waals surface area contributed by atoms with Gasteiger partial charge in [-0.25, -0.2) is 13.1 Å². The van der Waals surface area contributed by atoms with Crippen LogP contribution >= 0.6 is 11.6 Å². The van der Waals surface area contributed by atoms with E-state index in [1.165, 1.54) is 16.0 Å². The van der Waals surface area contributed by atoms with Crippen molar-refractivity contribution in [3.8, 4) is 5.75 Å². The smallest absolute Gasteiger partial charge is 0.264 e. The van der Waals surface area contributed by atoms with E-state index in [1.54, 1.807) is 44.4 Å². The van der Waals surface area contributed by atoms with Gasteiger partial charge in [0, 0.05) is 49.6 Å². The number of carbonyl (C=O) groups excluding carboxylic acids is 2. The number of carbonyl (C=O) groups is 2. The van der Waals surface area contributed by atoms with Gasteiger partial charge in [-0.1, -0.05) is 29.8 Å². The van der Waals surface area contributed by atoms with Gasteiger partial charge in [0.1, 0.15) is 5.75 Å². The number of halogens is 1. The number of benzene rings is 2. The van der Waals surface area contributed by atoms with Crippen molar-refractivity contribution in [2.45, 2.75) is 68.1 Å².